The zero-order valence-electron chi connectivity index (χ0n) is 21.1. The van der Waals surface area contributed by atoms with Gasteiger partial charge in [-0.1, -0.05) is 13.8 Å². The normalized spacial score (nSPS) is 49.8. The molecular formula is C22H42O14. The molecular weight excluding hydrogens is 488 g/mol. The quantitative estimate of drug-likeness (QED) is 0.166. The summed E-state index contributed by atoms with van der Waals surface area (Å²) in [6.45, 7) is 4.12. The van der Waals surface area contributed by atoms with Crippen LogP contribution in [0.5, 0.6) is 0 Å². The van der Waals surface area contributed by atoms with Crippen molar-refractivity contribution in [3.8, 4) is 0 Å². The Balaban J connectivity index is 0.000000319. The molecule has 0 aromatic carbocycles. The monoisotopic (exact) mass is 530 g/mol. The molecule has 36 heavy (non-hydrogen) atoms. The molecule has 14 nitrogen and oxygen atoms in total. The number of hydrogen-bond donors (Lipinski definition) is 8. The van der Waals surface area contributed by atoms with Crippen molar-refractivity contribution in [1.82, 2.24) is 0 Å². The number of methoxy groups -OCH3 is 2. The van der Waals surface area contributed by atoms with Gasteiger partial charge in [-0.3, -0.25) is 0 Å². The highest BCUT2D eigenvalue weighted by atomic mass is 16.7. The Kier molecular flexibility index (Phi) is 12.3. The Hall–Kier alpha value is -0.560. The van der Waals surface area contributed by atoms with Crippen molar-refractivity contribution in [2.24, 2.45) is 11.8 Å². The molecule has 0 radical (unpaired) electrons. The van der Waals surface area contributed by atoms with Crippen LogP contribution in [-0.4, -0.2) is 148 Å². The van der Waals surface area contributed by atoms with Crippen molar-refractivity contribution in [3.05, 3.63) is 0 Å². The van der Waals surface area contributed by atoms with Crippen molar-refractivity contribution in [1.29, 1.82) is 0 Å². The summed E-state index contributed by atoms with van der Waals surface area (Å²) in [5, 5.41) is 76.8. The fraction of sp³-hybridized carbons (Fsp3) is 1.00. The molecule has 214 valence electrons. The van der Waals surface area contributed by atoms with Gasteiger partial charge in [0.2, 0.25) is 0 Å². The van der Waals surface area contributed by atoms with Gasteiger partial charge >= 0.3 is 0 Å². The third-order valence-electron chi connectivity index (χ3n) is 6.91. The molecule has 3 saturated heterocycles. The second-order valence-electron chi connectivity index (χ2n) is 9.39. The van der Waals surface area contributed by atoms with E-state index in [9.17, 15) is 40.9 Å². The average Bonchev–Trinajstić information content (AvgIpc) is 2.87. The molecule has 0 aromatic heterocycles. The van der Waals surface area contributed by atoms with Crippen LogP contribution in [0.3, 0.4) is 0 Å². The Morgan fingerprint density at radius 3 is 1.61 bits per heavy atom. The molecule has 0 aromatic rings. The van der Waals surface area contributed by atoms with Crippen molar-refractivity contribution in [2.45, 2.75) is 101 Å². The van der Waals surface area contributed by atoms with Crippen molar-refractivity contribution < 1.29 is 69.3 Å². The first-order chi connectivity index (χ1) is 16.9. The van der Waals surface area contributed by atoms with E-state index in [4.69, 9.17) is 28.4 Å². The minimum atomic E-state index is -1.22. The third-order valence-corrected chi connectivity index (χ3v) is 6.91. The van der Waals surface area contributed by atoms with Gasteiger partial charge in [0, 0.05) is 26.1 Å². The van der Waals surface area contributed by atoms with Crippen LogP contribution in [0.4, 0.5) is 0 Å². The second kappa shape index (κ2) is 14.0. The Bertz CT molecular complexity index is 619. The molecule has 0 spiro atoms. The molecule has 0 bridgehead atoms. The third kappa shape index (κ3) is 6.90. The van der Waals surface area contributed by atoms with Crippen LogP contribution in [0.25, 0.3) is 0 Å². The van der Waals surface area contributed by atoms with E-state index < -0.39 is 99.0 Å². The first kappa shape index (κ1) is 31.7. The van der Waals surface area contributed by atoms with Crippen LogP contribution < -0.4 is 0 Å². The lowest BCUT2D eigenvalue weighted by atomic mass is 9.90. The molecule has 3 rings (SSSR count). The lowest BCUT2D eigenvalue weighted by Crippen LogP contribution is -2.60. The van der Waals surface area contributed by atoms with Crippen LogP contribution in [0.15, 0.2) is 0 Å². The highest BCUT2D eigenvalue weighted by Gasteiger charge is 2.49. The number of aliphatic hydroxyl groups is 8. The zero-order valence-corrected chi connectivity index (χ0v) is 21.1. The summed E-state index contributed by atoms with van der Waals surface area (Å²) in [6, 6.07) is 0. The van der Waals surface area contributed by atoms with Crippen LogP contribution >= 0.6 is 0 Å². The molecule has 0 aliphatic carbocycles. The van der Waals surface area contributed by atoms with Gasteiger partial charge in [0.15, 0.2) is 18.9 Å². The minimum Gasteiger partial charge on any atom is -0.394 e. The summed E-state index contributed by atoms with van der Waals surface area (Å²) < 4.78 is 31.9. The van der Waals surface area contributed by atoms with Gasteiger partial charge in [0.05, 0.1) is 31.5 Å². The van der Waals surface area contributed by atoms with E-state index in [0.717, 1.165) is 0 Å². The Morgan fingerprint density at radius 1 is 0.556 bits per heavy atom. The largest absolute Gasteiger partial charge is 0.394 e. The fourth-order valence-electron chi connectivity index (χ4n) is 4.42. The molecule has 7 unspecified atom stereocenters. The first-order valence-electron chi connectivity index (χ1n) is 11.9. The lowest BCUT2D eigenvalue weighted by Gasteiger charge is -2.47. The Labute approximate surface area is 209 Å². The van der Waals surface area contributed by atoms with E-state index in [1.807, 2.05) is 0 Å². The summed E-state index contributed by atoms with van der Waals surface area (Å²) >= 11 is 0. The van der Waals surface area contributed by atoms with Gasteiger partial charge in [-0.25, -0.2) is 0 Å². The van der Waals surface area contributed by atoms with Gasteiger partial charge < -0.3 is 69.3 Å². The summed E-state index contributed by atoms with van der Waals surface area (Å²) in [4.78, 5) is 0. The van der Waals surface area contributed by atoms with E-state index in [2.05, 4.69) is 0 Å². The van der Waals surface area contributed by atoms with Crippen molar-refractivity contribution >= 4 is 0 Å². The van der Waals surface area contributed by atoms with Gasteiger partial charge in [-0.05, 0) is 6.92 Å². The SMILES string of the molecule is COC1OC(CO)[C@H](O)C(O[C@@H]2OC(CO)[C@H](O)C(O)[C@@H]2C)[C@@H]1C.COC1O[C@@H](C)C(O)[C@H](O)[C@H]1O. The van der Waals surface area contributed by atoms with E-state index in [-0.39, 0.29) is 5.92 Å². The summed E-state index contributed by atoms with van der Waals surface area (Å²) in [6.07, 6.45) is -12.6. The molecule has 3 fully saturated rings. The highest BCUT2D eigenvalue weighted by Crippen LogP contribution is 2.34. The van der Waals surface area contributed by atoms with Crippen LogP contribution in [-0.2, 0) is 28.4 Å². The summed E-state index contributed by atoms with van der Waals surface area (Å²) in [5.74, 6) is -0.959. The topological polar surface area (TPSA) is 217 Å². The van der Waals surface area contributed by atoms with Gasteiger partial charge in [-0.15, -0.1) is 0 Å². The van der Waals surface area contributed by atoms with Crippen LogP contribution in [0.2, 0.25) is 0 Å². The second-order valence-corrected chi connectivity index (χ2v) is 9.39. The van der Waals surface area contributed by atoms with E-state index in [1.165, 1.54) is 14.2 Å². The van der Waals surface area contributed by atoms with E-state index in [1.54, 1.807) is 20.8 Å². The molecule has 0 amide bonds. The predicted molar refractivity (Wildman–Crippen MR) is 119 cm³/mol. The molecule has 3 heterocycles. The minimum absolute atomic E-state index is 0.375. The van der Waals surface area contributed by atoms with Crippen LogP contribution in [0.1, 0.15) is 20.8 Å². The number of hydrogen-bond acceptors (Lipinski definition) is 14. The van der Waals surface area contributed by atoms with Gasteiger partial charge in [0.25, 0.3) is 0 Å². The van der Waals surface area contributed by atoms with Crippen LogP contribution in [0, 0.1) is 11.8 Å². The van der Waals surface area contributed by atoms with E-state index in [0.29, 0.717) is 0 Å². The number of ether oxygens (including phenoxy) is 6. The summed E-state index contributed by atoms with van der Waals surface area (Å²) in [7, 11) is 2.82. The molecule has 15 atom stereocenters. The zero-order chi connectivity index (χ0) is 27.3. The molecule has 3 aliphatic rings. The van der Waals surface area contributed by atoms with Crippen molar-refractivity contribution in [2.75, 3.05) is 27.4 Å². The molecule has 8 N–H and O–H groups in total. The number of aliphatic hydroxyl groups excluding tert-OH is 8. The lowest BCUT2D eigenvalue weighted by molar-refractivity contribution is -0.340. The maximum absolute atomic E-state index is 10.4. The number of rotatable bonds is 6. The Morgan fingerprint density at radius 2 is 1.08 bits per heavy atom. The van der Waals surface area contributed by atoms with Gasteiger partial charge in [-0.2, -0.15) is 0 Å². The molecule has 0 saturated carbocycles. The maximum Gasteiger partial charge on any atom is 0.186 e. The highest BCUT2D eigenvalue weighted by molar-refractivity contribution is 4.92. The standard InChI is InChI=1S/C15H28O9.C7H14O5/c1-6-10(18)11(19)8(4-16)23-15(6)24-13-7(2)14(21-3)22-9(5-17)12(13)20;1-3-4(8)5(9)6(10)7(11-2)12-3/h6-20H,4-5H2,1-3H3;3-10H,1-2H3/t6-,7-,8?,9?,10?,11-,12-,13?,14?,15-;3-,4?,5-,6+,7?/m00/s1. The maximum atomic E-state index is 10.4. The fourth-order valence-corrected chi connectivity index (χ4v) is 4.42. The van der Waals surface area contributed by atoms with E-state index >= 15 is 0 Å². The smallest absolute Gasteiger partial charge is 0.186 e. The first-order valence-corrected chi connectivity index (χ1v) is 11.9. The predicted octanol–water partition coefficient (Wildman–Crippen LogP) is -3.73. The summed E-state index contributed by atoms with van der Waals surface area (Å²) in [5.41, 5.74) is 0. The van der Waals surface area contributed by atoms with Crippen molar-refractivity contribution in [3.63, 3.8) is 0 Å². The molecule has 3 aliphatic heterocycles. The average molecular weight is 531 g/mol. The van der Waals surface area contributed by atoms with Gasteiger partial charge in [0.1, 0.15) is 42.7 Å². The molecule has 14 heteroatoms.